The average Bonchev–Trinajstić information content (AvgIpc) is 2.59. The Bertz CT molecular complexity index is 771. The summed E-state index contributed by atoms with van der Waals surface area (Å²) in [5.74, 6) is -0.881. The van der Waals surface area contributed by atoms with Crippen LogP contribution in [-0.2, 0) is 9.59 Å². The minimum atomic E-state index is -0.788. The van der Waals surface area contributed by atoms with Crippen LogP contribution >= 0.6 is 0 Å². The number of phenolic OH excluding ortho intramolecular Hbond substituents is 1. The lowest BCUT2D eigenvalue weighted by molar-refractivity contribution is -0.137. The standard InChI is InChI=1S/C19H22N2O4/c22-17-12-11-14-7-5-6-8-15(14)16(17)13-20-21-18(23)9-3-1-2-4-10-19(24)25/h5-8,11-13,22H,1-4,9-10H2,(H,21,23)(H,24,25)/b20-13+. The third-order valence-electron chi connectivity index (χ3n) is 3.88. The fourth-order valence-corrected chi connectivity index (χ4v) is 2.56. The second-order valence-electron chi connectivity index (χ2n) is 5.82. The molecule has 0 saturated carbocycles. The largest absolute Gasteiger partial charge is 0.507 e. The lowest BCUT2D eigenvalue weighted by atomic mass is 10.0. The molecule has 0 fully saturated rings. The highest BCUT2D eigenvalue weighted by Gasteiger charge is 2.05. The number of carboxylic acids is 1. The molecule has 0 bridgehead atoms. The van der Waals surface area contributed by atoms with Gasteiger partial charge in [-0.05, 0) is 29.7 Å². The third-order valence-corrected chi connectivity index (χ3v) is 3.88. The lowest BCUT2D eigenvalue weighted by Crippen LogP contribution is -2.16. The maximum absolute atomic E-state index is 11.7. The van der Waals surface area contributed by atoms with Crippen LogP contribution in [0, 0.1) is 0 Å². The molecule has 2 rings (SSSR count). The number of hydrogen-bond donors (Lipinski definition) is 3. The van der Waals surface area contributed by atoms with Crippen LogP contribution in [0.15, 0.2) is 41.5 Å². The van der Waals surface area contributed by atoms with Crippen LogP contribution in [0.25, 0.3) is 10.8 Å². The average molecular weight is 342 g/mol. The highest BCUT2D eigenvalue weighted by atomic mass is 16.4. The maximum Gasteiger partial charge on any atom is 0.303 e. The summed E-state index contributed by atoms with van der Waals surface area (Å²) in [6.07, 6.45) is 4.90. The molecule has 0 radical (unpaired) electrons. The van der Waals surface area contributed by atoms with Crippen molar-refractivity contribution in [3.8, 4) is 5.75 Å². The number of rotatable bonds is 9. The number of nitrogens with one attached hydrogen (secondary N) is 1. The number of unbranched alkanes of at least 4 members (excludes halogenated alkanes) is 3. The van der Waals surface area contributed by atoms with Crippen LogP contribution in [0.2, 0.25) is 0 Å². The van der Waals surface area contributed by atoms with Gasteiger partial charge in [-0.1, -0.05) is 43.2 Å². The molecule has 6 heteroatoms. The van der Waals surface area contributed by atoms with Gasteiger partial charge in [-0.2, -0.15) is 5.10 Å². The van der Waals surface area contributed by atoms with Gasteiger partial charge >= 0.3 is 5.97 Å². The van der Waals surface area contributed by atoms with Crippen molar-refractivity contribution in [1.82, 2.24) is 5.43 Å². The number of hydrazone groups is 1. The fourth-order valence-electron chi connectivity index (χ4n) is 2.56. The van der Waals surface area contributed by atoms with Gasteiger partial charge < -0.3 is 10.2 Å². The molecule has 0 aliphatic heterocycles. The first kappa shape index (κ1) is 18.4. The Kier molecular flexibility index (Phi) is 6.95. The maximum atomic E-state index is 11.7. The van der Waals surface area contributed by atoms with Gasteiger partial charge in [0, 0.05) is 18.4 Å². The molecule has 2 aromatic rings. The summed E-state index contributed by atoms with van der Waals surface area (Å²) in [6, 6.07) is 11.0. The van der Waals surface area contributed by atoms with Gasteiger partial charge in [0.05, 0.1) is 6.21 Å². The zero-order valence-electron chi connectivity index (χ0n) is 13.9. The van der Waals surface area contributed by atoms with Crippen molar-refractivity contribution in [3.05, 3.63) is 42.0 Å². The number of benzene rings is 2. The predicted molar refractivity (Wildman–Crippen MR) is 96.7 cm³/mol. The van der Waals surface area contributed by atoms with E-state index in [4.69, 9.17) is 5.11 Å². The first-order valence-electron chi connectivity index (χ1n) is 8.32. The molecule has 2 aromatic carbocycles. The molecule has 0 aliphatic carbocycles. The Labute approximate surface area is 146 Å². The van der Waals surface area contributed by atoms with E-state index >= 15 is 0 Å². The molecule has 25 heavy (non-hydrogen) atoms. The molecule has 0 heterocycles. The van der Waals surface area contributed by atoms with E-state index in [1.807, 2.05) is 30.3 Å². The molecule has 0 aromatic heterocycles. The summed E-state index contributed by atoms with van der Waals surface area (Å²) in [7, 11) is 0. The summed E-state index contributed by atoms with van der Waals surface area (Å²) in [4.78, 5) is 22.1. The first-order chi connectivity index (χ1) is 12.1. The molecule has 6 nitrogen and oxygen atoms in total. The summed E-state index contributed by atoms with van der Waals surface area (Å²) < 4.78 is 0. The Hall–Kier alpha value is -2.89. The number of nitrogens with zero attached hydrogens (tertiary/aromatic N) is 1. The van der Waals surface area contributed by atoms with Gasteiger partial charge in [-0.15, -0.1) is 0 Å². The van der Waals surface area contributed by atoms with Crippen LogP contribution in [0.1, 0.15) is 44.1 Å². The lowest BCUT2D eigenvalue weighted by Gasteiger charge is -2.05. The molecular weight excluding hydrogens is 320 g/mol. The number of amides is 1. The zero-order valence-corrected chi connectivity index (χ0v) is 13.9. The quantitative estimate of drug-likeness (QED) is 0.369. The number of carboxylic acid groups (broad SMARTS) is 1. The summed E-state index contributed by atoms with van der Waals surface area (Å²) >= 11 is 0. The van der Waals surface area contributed by atoms with Crippen molar-refractivity contribution in [2.24, 2.45) is 5.10 Å². The second kappa shape index (κ2) is 9.42. The number of carbonyl (C=O) groups excluding carboxylic acids is 1. The van der Waals surface area contributed by atoms with Crippen molar-refractivity contribution >= 4 is 28.9 Å². The van der Waals surface area contributed by atoms with Gasteiger partial charge in [0.15, 0.2) is 0 Å². The summed E-state index contributed by atoms with van der Waals surface area (Å²) in [5, 5.41) is 24.3. The monoisotopic (exact) mass is 342 g/mol. The van der Waals surface area contributed by atoms with Gasteiger partial charge in [0.2, 0.25) is 5.91 Å². The Morgan fingerprint density at radius 1 is 1.00 bits per heavy atom. The number of carbonyl (C=O) groups is 2. The number of aromatic hydroxyl groups is 1. The van der Waals surface area contributed by atoms with Crippen molar-refractivity contribution in [3.63, 3.8) is 0 Å². The van der Waals surface area contributed by atoms with Crippen LogP contribution in [0.3, 0.4) is 0 Å². The van der Waals surface area contributed by atoms with E-state index in [-0.39, 0.29) is 18.1 Å². The molecule has 0 saturated heterocycles. The van der Waals surface area contributed by atoms with Gasteiger partial charge in [0.1, 0.15) is 5.75 Å². The van der Waals surface area contributed by atoms with E-state index in [1.54, 1.807) is 6.07 Å². The highest BCUT2D eigenvalue weighted by Crippen LogP contribution is 2.25. The normalized spacial score (nSPS) is 11.0. The molecule has 0 unspecified atom stereocenters. The van der Waals surface area contributed by atoms with Gasteiger partial charge in [-0.25, -0.2) is 5.43 Å². The molecule has 1 amide bonds. The smallest absolute Gasteiger partial charge is 0.303 e. The van der Waals surface area contributed by atoms with Crippen molar-refractivity contribution < 1.29 is 19.8 Å². The van der Waals surface area contributed by atoms with E-state index in [1.165, 1.54) is 6.21 Å². The molecule has 0 spiro atoms. The fraction of sp³-hybridized carbons (Fsp3) is 0.316. The molecule has 0 aliphatic rings. The summed E-state index contributed by atoms with van der Waals surface area (Å²) in [5.41, 5.74) is 3.02. The topological polar surface area (TPSA) is 99.0 Å². The van der Waals surface area contributed by atoms with Crippen molar-refractivity contribution in [2.45, 2.75) is 38.5 Å². The number of fused-ring (bicyclic) bond motifs is 1. The zero-order chi connectivity index (χ0) is 18.1. The van der Waals surface area contributed by atoms with Crippen LogP contribution in [0.5, 0.6) is 5.75 Å². The molecular formula is C19H22N2O4. The van der Waals surface area contributed by atoms with Gasteiger partial charge in [-0.3, -0.25) is 9.59 Å². The van der Waals surface area contributed by atoms with Crippen LogP contribution in [-0.4, -0.2) is 28.3 Å². The van der Waals surface area contributed by atoms with E-state index in [0.717, 1.165) is 23.6 Å². The Balaban J connectivity index is 1.80. The number of hydrogen-bond acceptors (Lipinski definition) is 4. The second-order valence-corrected chi connectivity index (χ2v) is 5.82. The molecule has 132 valence electrons. The van der Waals surface area contributed by atoms with Crippen LogP contribution in [0.4, 0.5) is 0 Å². The Morgan fingerprint density at radius 2 is 1.72 bits per heavy atom. The van der Waals surface area contributed by atoms with Crippen molar-refractivity contribution in [1.29, 1.82) is 0 Å². The first-order valence-corrected chi connectivity index (χ1v) is 8.32. The number of aliphatic carboxylic acids is 1. The molecule has 0 atom stereocenters. The predicted octanol–water partition coefficient (Wildman–Crippen LogP) is 3.42. The van der Waals surface area contributed by atoms with E-state index in [0.29, 0.717) is 24.8 Å². The highest BCUT2D eigenvalue weighted by molar-refractivity contribution is 6.02. The van der Waals surface area contributed by atoms with Gasteiger partial charge in [0.25, 0.3) is 0 Å². The van der Waals surface area contributed by atoms with Crippen molar-refractivity contribution in [2.75, 3.05) is 0 Å². The Morgan fingerprint density at radius 3 is 2.48 bits per heavy atom. The van der Waals surface area contributed by atoms with E-state index < -0.39 is 5.97 Å². The summed E-state index contributed by atoms with van der Waals surface area (Å²) in [6.45, 7) is 0. The minimum Gasteiger partial charge on any atom is -0.507 e. The molecule has 3 N–H and O–H groups in total. The number of phenols is 1. The third kappa shape index (κ3) is 5.91. The van der Waals surface area contributed by atoms with E-state index in [2.05, 4.69) is 10.5 Å². The van der Waals surface area contributed by atoms with Crippen LogP contribution < -0.4 is 5.43 Å². The van der Waals surface area contributed by atoms with E-state index in [9.17, 15) is 14.7 Å². The minimum absolute atomic E-state index is 0.107. The SMILES string of the molecule is O=C(O)CCCCCCC(=O)N/N=C/c1c(O)ccc2ccccc12.